The maximum Gasteiger partial charge on any atom is 0.262 e. The Hall–Kier alpha value is -3.60. The number of aryl methyl sites for hydroxylation is 1. The minimum atomic E-state index is -1.46. The molecule has 0 atom stereocenters. The summed E-state index contributed by atoms with van der Waals surface area (Å²) >= 11 is 12.4. The molecule has 0 aliphatic heterocycles. The van der Waals surface area contributed by atoms with Gasteiger partial charge >= 0.3 is 0 Å². The minimum absolute atomic E-state index is 0.0684. The molecule has 3 heterocycles. The van der Waals surface area contributed by atoms with E-state index in [1.165, 1.54) is 53.9 Å². The van der Waals surface area contributed by atoms with Crippen LogP contribution in [0.3, 0.4) is 0 Å². The predicted molar refractivity (Wildman–Crippen MR) is 145 cm³/mol. The second-order valence-corrected chi connectivity index (χ2v) is 10.2. The second-order valence-electron chi connectivity index (χ2n) is 9.16. The van der Waals surface area contributed by atoms with E-state index in [1.807, 2.05) is 0 Å². The van der Waals surface area contributed by atoms with Crippen LogP contribution >= 0.6 is 23.2 Å². The summed E-state index contributed by atoms with van der Waals surface area (Å²) < 4.78 is 33.9. The largest absolute Gasteiger partial charge is 0.486 e. The number of amides is 1. The van der Waals surface area contributed by atoms with Gasteiger partial charge in [0.2, 0.25) is 6.41 Å². The fourth-order valence-electron chi connectivity index (χ4n) is 3.58. The van der Waals surface area contributed by atoms with Crippen LogP contribution in [0.1, 0.15) is 44.5 Å². The Bertz CT molecular complexity index is 1530. The molecular weight excluding hydrogens is 553 g/mol. The first-order valence-corrected chi connectivity index (χ1v) is 12.3. The van der Waals surface area contributed by atoms with Crippen molar-refractivity contribution >= 4 is 35.3 Å². The third kappa shape index (κ3) is 7.08. The van der Waals surface area contributed by atoms with Crippen molar-refractivity contribution in [1.82, 2.24) is 14.5 Å². The Balaban J connectivity index is 2.00. The van der Waals surface area contributed by atoms with Crippen molar-refractivity contribution in [2.45, 2.75) is 46.8 Å². The standard InChI is InChI=1S/C27H26Cl2F2N4O4/c1-15-10-33-25(34-12-18(29)7-20(26(34)37)27(4,5)38)9-23(15)35(14-36)16(2)6-24(17(3)28)39-13-22-21(31)8-19(30)11-32-22/h6-12,14,38H,13H2,1-5H3/b16-6-,24-17-. The average molecular weight is 579 g/mol. The van der Waals surface area contributed by atoms with Gasteiger partial charge in [-0.3, -0.25) is 24.0 Å². The number of rotatable bonds is 9. The highest BCUT2D eigenvalue weighted by atomic mass is 35.5. The van der Waals surface area contributed by atoms with Crippen molar-refractivity contribution in [3.05, 3.63) is 103 Å². The molecular formula is C27H26Cl2F2N4O4. The van der Waals surface area contributed by atoms with Crippen molar-refractivity contribution in [2.24, 2.45) is 0 Å². The quantitative estimate of drug-likeness (QED) is 0.200. The summed E-state index contributed by atoms with van der Waals surface area (Å²) in [6, 6.07) is 3.59. The van der Waals surface area contributed by atoms with E-state index in [1.54, 1.807) is 20.8 Å². The number of pyridine rings is 3. The maximum atomic E-state index is 14.0. The van der Waals surface area contributed by atoms with Gasteiger partial charge in [0.05, 0.1) is 33.1 Å². The van der Waals surface area contributed by atoms with Gasteiger partial charge in [-0.2, -0.15) is 0 Å². The van der Waals surface area contributed by atoms with E-state index >= 15 is 0 Å². The smallest absolute Gasteiger partial charge is 0.262 e. The first-order valence-electron chi connectivity index (χ1n) is 11.6. The highest BCUT2D eigenvalue weighted by molar-refractivity contribution is 6.30. The topological polar surface area (TPSA) is 97.5 Å². The molecule has 0 aliphatic rings. The SMILES string of the molecule is C/C(=C/C(OCc1ncc(F)cc1F)=C(\C)Cl)N(C=O)c1cc(-n2cc(Cl)cc(C(C)(C)O)c2=O)ncc1C. The predicted octanol–water partition coefficient (Wildman–Crippen LogP) is 5.65. The molecule has 0 saturated heterocycles. The molecule has 12 heteroatoms. The Kier molecular flexibility index (Phi) is 9.26. The zero-order valence-electron chi connectivity index (χ0n) is 21.8. The summed E-state index contributed by atoms with van der Waals surface area (Å²) in [5, 5.41) is 10.8. The van der Waals surface area contributed by atoms with Crippen molar-refractivity contribution < 1.29 is 23.4 Å². The normalized spacial score (nSPS) is 12.7. The summed E-state index contributed by atoms with van der Waals surface area (Å²) in [6.45, 7) is 7.48. The van der Waals surface area contributed by atoms with Crippen LogP contribution in [-0.2, 0) is 21.7 Å². The fraction of sp³-hybridized carbons (Fsp3) is 0.259. The van der Waals surface area contributed by atoms with E-state index in [4.69, 9.17) is 27.9 Å². The summed E-state index contributed by atoms with van der Waals surface area (Å²) in [6.07, 6.45) is 5.74. The number of carbonyl (C=O) groups is 1. The van der Waals surface area contributed by atoms with Crippen LogP contribution in [0.5, 0.6) is 0 Å². The highest BCUT2D eigenvalue weighted by Crippen LogP contribution is 2.27. The van der Waals surface area contributed by atoms with Gasteiger partial charge in [-0.05, 0) is 46.2 Å². The number of aliphatic hydroxyl groups is 1. The van der Waals surface area contributed by atoms with Crippen LogP contribution in [0.15, 0.2) is 64.1 Å². The van der Waals surface area contributed by atoms with Gasteiger partial charge in [0.25, 0.3) is 5.56 Å². The van der Waals surface area contributed by atoms with Gasteiger partial charge in [-0.1, -0.05) is 23.2 Å². The molecule has 0 saturated carbocycles. The van der Waals surface area contributed by atoms with Crippen molar-refractivity contribution in [1.29, 1.82) is 0 Å². The van der Waals surface area contributed by atoms with Gasteiger partial charge in [0.1, 0.15) is 29.7 Å². The van der Waals surface area contributed by atoms with E-state index in [2.05, 4.69) is 9.97 Å². The number of hydrogen-bond donors (Lipinski definition) is 1. The fourth-order valence-corrected chi connectivity index (χ4v) is 3.89. The lowest BCUT2D eigenvalue weighted by molar-refractivity contribution is -0.107. The number of aromatic nitrogens is 3. The number of hydrogen-bond acceptors (Lipinski definition) is 6. The van der Waals surface area contributed by atoms with Gasteiger partial charge in [0, 0.05) is 36.3 Å². The molecule has 0 spiro atoms. The van der Waals surface area contributed by atoms with Gasteiger partial charge < -0.3 is 9.84 Å². The summed E-state index contributed by atoms with van der Waals surface area (Å²) in [5.41, 5.74) is -0.697. The zero-order valence-corrected chi connectivity index (χ0v) is 23.3. The maximum absolute atomic E-state index is 14.0. The van der Waals surface area contributed by atoms with Crippen LogP contribution in [0.4, 0.5) is 14.5 Å². The number of carbonyl (C=O) groups excluding carboxylic acids is 1. The zero-order chi connectivity index (χ0) is 29.1. The molecule has 206 valence electrons. The molecule has 3 aromatic heterocycles. The van der Waals surface area contributed by atoms with E-state index < -0.39 is 22.8 Å². The Morgan fingerprint density at radius 1 is 1.21 bits per heavy atom. The average Bonchev–Trinajstić information content (AvgIpc) is 2.84. The molecule has 0 fully saturated rings. The number of nitrogens with zero attached hydrogens (tertiary/aromatic N) is 4. The Labute approximate surface area is 233 Å². The van der Waals surface area contributed by atoms with Crippen LogP contribution in [0.2, 0.25) is 5.02 Å². The Morgan fingerprint density at radius 3 is 2.49 bits per heavy atom. The van der Waals surface area contributed by atoms with Crippen LogP contribution < -0.4 is 10.5 Å². The third-order valence-corrected chi connectivity index (χ3v) is 6.02. The third-order valence-electron chi connectivity index (χ3n) is 5.62. The lowest BCUT2D eigenvalue weighted by Crippen LogP contribution is -2.31. The summed E-state index contributed by atoms with van der Waals surface area (Å²) in [7, 11) is 0. The molecule has 1 amide bonds. The first kappa shape index (κ1) is 29.9. The molecule has 3 aromatic rings. The van der Waals surface area contributed by atoms with Gasteiger partial charge in [-0.25, -0.2) is 13.8 Å². The molecule has 0 radical (unpaired) electrons. The number of allylic oxidation sites excluding steroid dienone is 3. The van der Waals surface area contributed by atoms with E-state index in [9.17, 15) is 23.5 Å². The lowest BCUT2D eigenvalue weighted by atomic mass is 10.0. The lowest BCUT2D eigenvalue weighted by Gasteiger charge is -2.22. The van der Waals surface area contributed by atoms with Crippen LogP contribution in [0.25, 0.3) is 5.82 Å². The molecule has 1 N–H and O–H groups in total. The molecule has 3 rings (SSSR count). The van der Waals surface area contributed by atoms with Crippen LogP contribution in [0, 0.1) is 18.6 Å². The summed E-state index contributed by atoms with van der Waals surface area (Å²) in [4.78, 5) is 34.6. The molecule has 0 aliphatic carbocycles. The van der Waals surface area contributed by atoms with Gasteiger partial charge in [-0.15, -0.1) is 0 Å². The second kappa shape index (κ2) is 12.1. The minimum Gasteiger partial charge on any atom is -0.486 e. The van der Waals surface area contributed by atoms with E-state index in [0.717, 1.165) is 6.20 Å². The number of anilines is 1. The molecule has 0 bridgehead atoms. The number of halogens is 4. The molecule has 0 unspecified atom stereocenters. The van der Waals surface area contributed by atoms with Crippen molar-refractivity contribution in [2.75, 3.05) is 4.90 Å². The van der Waals surface area contributed by atoms with Crippen molar-refractivity contribution in [3.8, 4) is 5.82 Å². The molecule has 8 nitrogen and oxygen atoms in total. The van der Waals surface area contributed by atoms with Crippen LogP contribution in [-0.4, -0.2) is 26.1 Å². The van der Waals surface area contributed by atoms with E-state index in [-0.39, 0.29) is 39.5 Å². The monoisotopic (exact) mass is 578 g/mol. The van der Waals surface area contributed by atoms with E-state index in [0.29, 0.717) is 29.4 Å². The van der Waals surface area contributed by atoms with Gasteiger partial charge in [0.15, 0.2) is 5.82 Å². The van der Waals surface area contributed by atoms with Crippen molar-refractivity contribution in [3.63, 3.8) is 0 Å². The molecule has 0 aromatic carbocycles. The number of ether oxygens (including phenoxy) is 1. The summed E-state index contributed by atoms with van der Waals surface area (Å²) in [5.74, 6) is -1.41. The Morgan fingerprint density at radius 2 is 1.90 bits per heavy atom. The molecule has 39 heavy (non-hydrogen) atoms. The highest BCUT2D eigenvalue weighted by Gasteiger charge is 2.23. The first-order chi connectivity index (χ1) is 18.2.